The molecule has 4 aromatic rings. The van der Waals surface area contributed by atoms with Crippen molar-refractivity contribution in [1.29, 1.82) is 0 Å². The van der Waals surface area contributed by atoms with E-state index in [1.807, 2.05) is 50.2 Å². The third-order valence-corrected chi connectivity index (χ3v) is 9.80. The molecule has 1 aliphatic rings. The van der Waals surface area contributed by atoms with Gasteiger partial charge in [0.05, 0.1) is 12.7 Å². The normalized spacial score (nSPS) is 14.4. The van der Waals surface area contributed by atoms with Crippen molar-refractivity contribution < 1.29 is 27.5 Å². The van der Waals surface area contributed by atoms with Crippen LogP contribution >= 0.6 is 11.6 Å². The summed E-state index contributed by atoms with van der Waals surface area (Å²) < 4.78 is 40.2. The van der Waals surface area contributed by atoms with Gasteiger partial charge in [-0.1, -0.05) is 60.1 Å². The van der Waals surface area contributed by atoms with E-state index in [4.69, 9.17) is 21.1 Å². The van der Waals surface area contributed by atoms with E-state index in [0.717, 1.165) is 16.8 Å². The van der Waals surface area contributed by atoms with Gasteiger partial charge in [0, 0.05) is 48.1 Å². The molecule has 9 nitrogen and oxygen atoms in total. The van der Waals surface area contributed by atoms with Crippen LogP contribution in [0.15, 0.2) is 95.9 Å². The van der Waals surface area contributed by atoms with E-state index in [9.17, 15) is 18.0 Å². The third-order valence-electron chi connectivity index (χ3n) is 7.65. The van der Waals surface area contributed by atoms with Crippen LogP contribution in [0.5, 0.6) is 5.75 Å². The van der Waals surface area contributed by atoms with Crippen molar-refractivity contribution in [1.82, 2.24) is 4.31 Å². The number of nitrogens with one attached hydrogen (secondary N) is 1. The molecular formula is C34H34ClN3O6S. The van der Waals surface area contributed by atoms with Crippen molar-refractivity contribution >= 4 is 44.9 Å². The maximum atomic E-state index is 13.8. The lowest BCUT2D eigenvalue weighted by Gasteiger charge is -2.35. The average molecular weight is 648 g/mol. The molecule has 234 valence electrons. The molecule has 1 heterocycles. The predicted molar refractivity (Wildman–Crippen MR) is 175 cm³/mol. The van der Waals surface area contributed by atoms with Gasteiger partial charge in [-0.3, -0.25) is 4.79 Å². The number of halogens is 1. The van der Waals surface area contributed by atoms with Crippen molar-refractivity contribution in [3.63, 3.8) is 0 Å². The van der Waals surface area contributed by atoms with Gasteiger partial charge < -0.3 is 19.7 Å². The van der Waals surface area contributed by atoms with Crippen LogP contribution in [0.25, 0.3) is 0 Å². The molecule has 0 bridgehead atoms. The number of methoxy groups -OCH3 is 1. The molecule has 1 saturated heterocycles. The Balaban J connectivity index is 1.38. The Kier molecular flexibility index (Phi) is 9.77. The standard InChI is InChI=1S/C34H34ClN3O6S/c1-23-12-13-24(2)29(20-23)36-33(39)32(25-8-5-4-6-9-25)44-34(40)26-14-15-30(43-3)31(21-26)45(41,42)38-18-16-37(17-19-38)28-11-7-10-27(35)22-28/h4-15,20-22,32H,16-19H2,1-3H3,(H,36,39). The maximum Gasteiger partial charge on any atom is 0.339 e. The molecule has 0 saturated carbocycles. The first-order valence-corrected chi connectivity index (χ1v) is 16.2. The quantitative estimate of drug-likeness (QED) is 0.222. The van der Waals surface area contributed by atoms with Crippen molar-refractivity contribution in [2.24, 2.45) is 0 Å². The van der Waals surface area contributed by atoms with Crippen molar-refractivity contribution in [2.45, 2.75) is 24.8 Å². The lowest BCUT2D eigenvalue weighted by atomic mass is 10.1. The zero-order chi connectivity index (χ0) is 32.1. The summed E-state index contributed by atoms with van der Waals surface area (Å²) in [5.74, 6) is -1.30. The second-order valence-electron chi connectivity index (χ2n) is 10.7. The van der Waals surface area contributed by atoms with Crippen LogP contribution in [-0.4, -0.2) is 57.9 Å². The Morgan fingerprint density at radius 1 is 0.867 bits per heavy atom. The summed E-state index contributed by atoms with van der Waals surface area (Å²) in [5, 5.41) is 3.48. The Hall–Kier alpha value is -4.38. The molecule has 4 aromatic carbocycles. The lowest BCUT2D eigenvalue weighted by Crippen LogP contribution is -2.48. The largest absolute Gasteiger partial charge is 0.495 e. The number of esters is 1. The van der Waals surface area contributed by atoms with Crippen LogP contribution in [0, 0.1) is 13.8 Å². The molecule has 11 heteroatoms. The number of hydrogen-bond acceptors (Lipinski definition) is 7. The number of amides is 1. The first-order chi connectivity index (χ1) is 21.6. The number of nitrogens with zero attached hydrogens (tertiary/aromatic N) is 2. The highest BCUT2D eigenvalue weighted by Crippen LogP contribution is 2.31. The molecule has 0 spiro atoms. The fraction of sp³-hybridized carbons (Fsp3) is 0.235. The number of ether oxygens (including phenoxy) is 2. The van der Waals surface area contributed by atoms with E-state index in [-0.39, 0.29) is 29.3 Å². The van der Waals surface area contributed by atoms with Gasteiger partial charge in [0.1, 0.15) is 10.6 Å². The molecule has 0 radical (unpaired) electrons. The zero-order valence-corrected chi connectivity index (χ0v) is 26.8. The Morgan fingerprint density at radius 2 is 1.60 bits per heavy atom. The summed E-state index contributed by atoms with van der Waals surface area (Å²) in [6.45, 7) is 5.14. The van der Waals surface area contributed by atoms with Crippen molar-refractivity contribution in [3.05, 3.63) is 118 Å². The molecule has 1 amide bonds. The second kappa shape index (κ2) is 13.7. The number of rotatable bonds is 9. The van der Waals surface area contributed by atoms with Crippen LogP contribution in [0.4, 0.5) is 11.4 Å². The number of benzene rings is 4. The second-order valence-corrected chi connectivity index (χ2v) is 13.1. The van der Waals surface area contributed by atoms with Gasteiger partial charge in [-0.2, -0.15) is 4.31 Å². The zero-order valence-electron chi connectivity index (χ0n) is 25.2. The summed E-state index contributed by atoms with van der Waals surface area (Å²) in [5.41, 5.74) is 3.76. The topological polar surface area (TPSA) is 105 Å². The number of piperazine rings is 1. The van der Waals surface area contributed by atoms with E-state index in [1.165, 1.54) is 29.6 Å². The first-order valence-electron chi connectivity index (χ1n) is 14.4. The van der Waals surface area contributed by atoms with E-state index < -0.39 is 28.0 Å². The van der Waals surface area contributed by atoms with Crippen molar-refractivity contribution in [3.8, 4) is 5.75 Å². The number of hydrogen-bond donors (Lipinski definition) is 1. The fourth-order valence-electron chi connectivity index (χ4n) is 5.15. The third kappa shape index (κ3) is 7.30. The van der Waals surface area contributed by atoms with E-state index in [1.54, 1.807) is 36.4 Å². The molecule has 0 aliphatic carbocycles. The van der Waals surface area contributed by atoms with Crippen LogP contribution in [0.3, 0.4) is 0 Å². The highest BCUT2D eigenvalue weighted by molar-refractivity contribution is 7.89. The lowest BCUT2D eigenvalue weighted by molar-refractivity contribution is -0.125. The highest BCUT2D eigenvalue weighted by Gasteiger charge is 2.33. The van der Waals surface area contributed by atoms with Gasteiger partial charge in [-0.05, 0) is 67.4 Å². The molecule has 0 aromatic heterocycles. The van der Waals surface area contributed by atoms with Crippen LogP contribution < -0.4 is 15.0 Å². The molecule has 1 fully saturated rings. The molecule has 5 rings (SSSR count). The molecule has 1 N–H and O–H groups in total. The van der Waals surface area contributed by atoms with Crippen LogP contribution in [0.2, 0.25) is 5.02 Å². The van der Waals surface area contributed by atoms with Crippen LogP contribution in [-0.2, 0) is 19.6 Å². The summed E-state index contributed by atoms with van der Waals surface area (Å²) in [6.07, 6.45) is -1.29. The Morgan fingerprint density at radius 3 is 2.29 bits per heavy atom. The molecular weight excluding hydrogens is 614 g/mol. The SMILES string of the molecule is COc1ccc(C(=O)OC(C(=O)Nc2cc(C)ccc2C)c2ccccc2)cc1S(=O)(=O)N1CCN(c2cccc(Cl)c2)CC1. The van der Waals surface area contributed by atoms with E-state index >= 15 is 0 Å². The van der Waals surface area contributed by atoms with Crippen LogP contribution in [0.1, 0.15) is 33.2 Å². The van der Waals surface area contributed by atoms with E-state index in [0.29, 0.717) is 29.4 Å². The van der Waals surface area contributed by atoms with Crippen molar-refractivity contribution in [2.75, 3.05) is 43.5 Å². The maximum absolute atomic E-state index is 13.8. The van der Waals surface area contributed by atoms with Gasteiger partial charge >= 0.3 is 5.97 Å². The van der Waals surface area contributed by atoms with Gasteiger partial charge in [-0.15, -0.1) is 0 Å². The van der Waals surface area contributed by atoms with E-state index in [2.05, 4.69) is 10.2 Å². The summed E-state index contributed by atoms with van der Waals surface area (Å²) in [6, 6.07) is 25.8. The van der Waals surface area contributed by atoms with Gasteiger partial charge in [0.25, 0.3) is 5.91 Å². The minimum atomic E-state index is -4.05. The molecule has 1 atom stereocenters. The predicted octanol–water partition coefficient (Wildman–Crippen LogP) is 6.01. The van der Waals surface area contributed by atoms with Gasteiger partial charge in [0.15, 0.2) is 0 Å². The Bertz CT molecular complexity index is 1810. The molecule has 45 heavy (non-hydrogen) atoms. The smallest absolute Gasteiger partial charge is 0.339 e. The molecule has 1 unspecified atom stereocenters. The fourth-order valence-corrected chi connectivity index (χ4v) is 6.94. The summed E-state index contributed by atoms with van der Waals surface area (Å²) in [7, 11) is -2.69. The number of aryl methyl sites for hydroxylation is 2. The monoisotopic (exact) mass is 647 g/mol. The number of sulfonamides is 1. The molecule has 1 aliphatic heterocycles. The van der Waals surface area contributed by atoms with Gasteiger partial charge in [0.2, 0.25) is 16.1 Å². The minimum Gasteiger partial charge on any atom is -0.495 e. The average Bonchev–Trinajstić information content (AvgIpc) is 3.05. The number of carbonyl (C=O) groups is 2. The summed E-state index contributed by atoms with van der Waals surface area (Å²) >= 11 is 6.14. The van der Waals surface area contributed by atoms with Gasteiger partial charge in [-0.25, -0.2) is 13.2 Å². The number of carbonyl (C=O) groups excluding carboxylic acids is 2. The number of anilines is 2. The minimum absolute atomic E-state index is 0.0348. The summed E-state index contributed by atoms with van der Waals surface area (Å²) in [4.78, 5) is 28.9. The first kappa shape index (κ1) is 32.0. The Labute approximate surface area is 268 Å². The highest BCUT2D eigenvalue weighted by atomic mass is 35.5.